The van der Waals surface area contributed by atoms with Crippen LogP contribution in [0.4, 0.5) is 5.82 Å². The van der Waals surface area contributed by atoms with Crippen LogP contribution in [-0.4, -0.2) is 9.97 Å². The summed E-state index contributed by atoms with van der Waals surface area (Å²) in [6, 6.07) is 1.03. The Hall–Kier alpha value is -0.520. The molecule has 0 radical (unpaired) electrons. The van der Waals surface area contributed by atoms with E-state index in [1.165, 1.54) is 0 Å². The second-order valence-electron chi connectivity index (χ2n) is 3.67. The van der Waals surface area contributed by atoms with Crippen molar-refractivity contribution in [2.45, 2.75) is 5.16 Å². The molecule has 0 aliphatic heterocycles. The molecular weight excluding hydrogens is 363 g/mol. The van der Waals surface area contributed by atoms with E-state index in [1.807, 2.05) is 0 Å². The topological polar surface area (TPSA) is 254 Å². The zero-order valence-corrected chi connectivity index (χ0v) is 13.8. The lowest BCUT2D eigenvalue weighted by Crippen LogP contribution is -2.15. The molecule has 0 bridgehead atoms. The van der Waals surface area contributed by atoms with E-state index in [1.54, 1.807) is 0 Å². The van der Waals surface area contributed by atoms with E-state index in [4.69, 9.17) is 33.0 Å². The molecule has 0 unspecified atom stereocenters. The van der Waals surface area contributed by atoms with Gasteiger partial charge in [0.25, 0.3) is 14.2 Å². The highest BCUT2D eigenvalue weighted by Gasteiger charge is 2.20. The molecule has 0 aliphatic rings. The molecule has 0 spiro atoms. The first kappa shape index (κ1) is 18.5. The second kappa shape index (κ2) is 6.31. The predicted octanol–water partition coefficient (Wildman–Crippen LogP) is -0.564. The van der Waals surface area contributed by atoms with Crippen molar-refractivity contribution in [1.82, 2.24) is 9.97 Å². The smallest absolute Gasteiger partial charge is 0.386 e. The van der Waals surface area contributed by atoms with E-state index in [2.05, 4.69) is 19.6 Å². The number of nitrogens with zero attached hydrogens (tertiary/aromatic N) is 2. The average Bonchev–Trinajstić information content (AvgIpc) is 2.06. The maximum Gasteiger partial charge on any atom is 0.386 e. The van der Waals surface area contributed by atoms with E-state index >= 15 is 0 Å². The summed E-state index contributed by atoms with van der Waals surface area (Å²) in [6.07, 6.45) is 0. The first-order chi connectivity index (χ1) is 9.23. The quantitative estimate of drug-likeness (QED) is 0.242. The zero-order valence-electron chi connectivity index (χ0n) is 10.3. The van der Waals surface area contributed by atoms with Crippen molar-refractivity contribution in [3.8, 4) is 5.88 Å². The fourth-order valence-electron chi connectivity index (χ4n) is 1.00. The van der Waals surface area contributed by atoms with Gasteiger partial charge >= 0.3 is 7.67 Å². The molecule has 0 amide bonds. The molecular formula is C4H14N9O4P3S. The molecule has 0 fully saturated rings. The molecule has 0 atom stereocenters. The van der Waals surface area contributed by atoms with Crippen LogP contribution in [-0.2, 0) is 13.7 Å². The van der Waals surface area contributed by atoms with Crippen LogP contribution in [0.5, 0.6) is 5.88 Å². The highest BCUT2D eigenvalue weighted by Crippen LogP contribution is 2.47. The summed E-state index contributed by atoms with van der Waals surface area (Å²) in [6.45, 7) is -3.58. The minimum atomic E-state index is -3.92. The molecule has 120 valence electrons. The Kier molecular flexibility index (Phi) is 5.56. The summed E-state index contributed by atoms with van der Waals surface area (Å²) in [7, 11) is -7.62. The van der Waals surface area contributed by atoms with E-state index in [0.29, 0.717) is 11.4 Å². The van der Waals surface area contributed by atoms with Crippen molar-refractivity contribution < 1.29 is 18.2 Å². The van der Waals surface area contributed by atoms with Crippen LogP contribution in [0.15, 0.2) is 11.2 Å². The molecule has 1 aromatic heterocycles. The van der Waals surface area contributed by atoms with E-state index in [0.717, 1.165) is 6.07 Å². The SMILES string of the molecule is NP(N)(=O)Nc1cc(OP(N)(N)=O)nc(SP(N)(N)=O)n1. The normalized spacial score (nSPS) is 13.0. The van der Waals surface area contributed by atoms with E-state index in [9.17, 15) is 13.7 Å². The summed E-state index contributed by atoms with van der Waals surface area (Å²) >= 11 is 0.407. The third kappa shape index (κ3) is 8.49. The number of rotatable bonds is 6. The molecule has 0 aliphatic carbocycles. The first-order valence-electron chi connectivity index (χ1n) is 4.82. The number of anilines is 1. The highest BCUT2D eigenvalue weighted by atomic mass is 32.7. The predicted molar refractivity (Wildman–Crippen MR) is 80.1 cm³/mol. The van der Waals surface area contributed by atoms with Gasteiger partial charge in [-0.2, -0.15) is 4.98 Å². The molecule has 21 heavy (non-hydrogen) atoms. The number of hydrogen-bond donors (Lipinski definition) is 7. The Balaban J connectivity index is 3.22. The van der Waals surface area contributed by atoms with Gasteiger partial charge in [0.15, 0.2) is 0 Å². The molecule has 0 saturated carbocycles. The molecule has 0 saturated heterocycles. The number of aromatic nitrogens is 2. The molecule has 1 heterocycles. The van der Waals surface area contributed by atoms with Gasteiger partial charge in [0.1, 0.15) is 5.82 Å². The van der Waals surface area contributed by atoms with Gasteiger partial charge in [0.05, 0.1) is 0 Å². The lowest BCUT2D eigenvalue weighted by molar-refractivity contribution is 0.471. The maximum absolute atomic E-state index is 11.3. The molecule has 13 nitrogen and oxygen atoms in total. The van der Waals surface area contributed by atoms with Crippen molar-refractivity contribution in [3.05, 3.63) is 6.07 Å². The fourth-order valence-corrected chi connectivity index (χ4v) is 3.40. The van der Waals surface area contributed by atoms with E-state index in [-0.39, 0.29) is 16.9 Å². The third-order valence-corrected chi connectivity index (χ3v) is 4.46. The van der Waals surface area contributed by atoms with E-state index < -0.39 is 21.9 Å². The third-order valence-electron chi connectivity index (χ3n) is 1.43. The summed E-state index contributed by atoms with van der Waals surface area (Å²) < 4.78 is 38.5. The minimum Gasteiger partial charge on any atom is -0.404 e. The van der Waals surface area contributed by atoms with Gasteiger partial charge < -0.3 is 4.52 Å². The summed E-state index contributed by atoms with van der Waals surface area (Å²) in [5.74, 6) is -0.553. The summed E-state index contributed by atoms with van der Waals surface area (Å²) in [5.41, 5.74) is 30.7. The number of nitrogens with one attached hydrogen (secondary N) is 1. The first-order valence-corrected chi connectivity index (χ1v) is 11.7. The molecule has 1 rings (SSSR count). The summed E-state index contributed by atoms with van der Waals surface area (Å²) in [4.78, 5) is 7.45. The Morgan fingerprint density at radius 2 is 1.62 bits per heavy atom. The molecule has 13 N–H and O–H groups in total. The van der Waals surface area contributed by atoms with Crippen LogP contribution < -0.4 is 42.6 Å². The number of nitrogens with two attached hydrogens (primary N) is 6. The Morgan fingerprint density at radius 3 is 2.05 bits per heavy atom. The average molecular weight is 377 g/mol. The van der Waals surface area contributed by atoms with Crippen molar-refractivity contribution in [2.75, 3.05) is 5.09 Å². The van der Waals surface area contributed by atoms with Gasteiger partial charge in [-0.25, -0.2) is 20.6 Å². The Morgan fingerprint density at radius 1 is 1.05 bits per heavy atom. The van der Waals surface area contributed by atoms with Crippen LogP contribution in [0.1, 0.15) is 0 Å². The van der Waals surface area contributed by atoms with Gasteiger partial charge in [-0.1, -0.05) is 0 Å². The van der Waals surface area contributed by atoms with Crippen LogP contribution >= 0.6 is 33.3 Å². The Bertz CT molecular complexity index is 562. The zero-order chi connectivity index (χ0) is 16.5. The van der Waals surface area contributed by atoms with Gasteiger partial charge in [0.2, 0.25) is 11.0 Å². The van der Waals surface area contributed by atoms with Crippen molar-refractivity contribution >= 4 is 39.1 Å². The van der Waals surface area contributed by atoms with Crippen LogP contribution in [0, 0.1) is 0 Å². The molecule has 17 heteroatoms. The maximum atomic E-state index is 11.3. The number of hydrogen-bond acceptors (Lipinski definition) is 7. The molecule has 0 aromatic carbocycles. The van der Waals surface area contributed by atoms with Crippen LogP contribution in [0.25, 0.3) is 0 Å². The second-order valence-corrected chi connectivity index (χ2v) is 10.9. The van der Waals surface area contributed by atoms with Crippen LogP contribution in [0.2, 0.25) is 0 Å². The monoisotopic (exact) mass is 377 g/mol. The van der Waals surface area contributed by atoms with Crippen molar-refractivity contribution in [2.24, 2.45) is 33.0 Å². The van der Waals surface area contributed by atoms with Crippen molar-refractivity contribution in [1.29, 1.82) is 0 Å². The van der Waals surface area contributed by atoms with Gasteiger partial charge in [-0.3, -0.25) is 36.2 Å². The largest absolute Gasteiger partial charge is 0.404 e. The van der Waals surface area contributed by atoms with Gasteiger partial charge in [-0.05, 0) is 0 Å². The lowest BCUT2D eigenvalue weighted by atomic mass is 10.6. The minimum absolute atomic E-state index is 0.183. The lowest BCUT2D eigenvalue weighted by Gasteiger charge is -2.14. The standard InChI is InChI=1S/C4H14N9O4P3S/c5-18(6,14)13-2-1-3(17-19(7,8)15)12-4(11-2)21-20(9,10)16/h1H,(H4,7,8,15)(H4,9,10,16)(H5,5,6,11,12,13,14). The highest BCUT2D eigenvalue weighted by molar-refractivity contribution is 8.56. The molecule has 1 aromatic rings. The fraction of sp³-hybridized carbons (Fsp3) is 0. The van der Waals surface area contributed by atoms with Crippen LogP contribution in [0.3, 0.4) is 0 Å². The Labute approximate surface area is 123 Å². The van der Waals surface area contributed by atoms with Gasteiger partial charge in [0, 0.05) is 17.4 Å². The van der Waals surface area contributed by atoms with Crippen molar-refractivity contribution in [3.63, 3.8) is 0 Å². The van der Waals surface area contributed by atoms with Gasteiger partial charge in [-0.15, -0.1) is 0 Å². The summed E-state index contributed by atoms with van der Waals surface area (Å²) in [5, 5.41) is 1.91.